The smallest absolute Gasteiger partial charge is 0.409 e. The molecule has 122 valence electrons. The number of carbonyl (C=O) groups is 2. The third kappa shape index (κ3) is 3.99. The molecule has 7 nitrogen and oxygen atoms in total. The quantitative estimate of drug-likeness (QED) is 0.838. The van der Waals surface area contributed by atoms with Crippen LogP contribution in [0.5, 0.6) is 0 Å². The molecule has 1 fully saturated rings. The van der Waals surface area contributed by atoms with Crippen molar-refractivity contribution >= 4 is 12.0 Å². The Hall–Kier alpha value is -2.05. The summed E-state index contributed by atoms with van der Waals surface area (Å²) >= 11 is 0. The first-order chi connectivity index (χ1) is 10.5. The summed E-state index contributed by atoms with van der Waals surface area (Å²) in [6.07, 6.45) is 0.138. The van der Waals surface area contributed by atoms with E-state index in [-0.39, 0.29) is 12.0 Å². The summed E-state index contributed by atoms with van der Waals surface area (Å²) in [5.41, 5.74) is 2.03. The predicted octanol–water partition coefficient (Wildman–Crippen LogP) is 1.19. The number of ether oxygens (including phenoxy) is 1. The van der Waals surface area contributed by atoms with E-state index in [1.54, 1.807) is 16.7 Å². The van der Waals surface area contributed by atoms with Crippen LogP contribution < -0.4 is 0 Å². The molecule has 2 amide bonds. The maximum absolute atomic E-state index is 12.2. The Morgan fingerprint density at radius 2 is 1.82 bits per heavy atom. The van der Waals surface area contributed by atoms with Gasteiger partial charge in [0, 0.05) is 44.8 Å². The van der Waals surface area contributed by atoms with Gasteiger partial charge in [0.1, 0.15) is 0 Å². The zero-order chi connectivity index (χ0) is 16.1. The van der Waals surface area contributed by atoms with Crippen LogP contribution in [0.3, 0.4) is 0 Å². The molecule has 7 heteroatoms. The molecular formula is C15H24N4O3. The molecule has 0 saturated carbocycles. The summed E-state index contributed by atoms with van der Waals surface area (Å²) in [5, 5.41) is 4.36. The number of hydrogen-bond acceptors (Lipinski definition) is 4. The van der Waals surface area contributed by atoms with Crippen LogP contribution in [0.2, 0.25) is 0 Å². The summed E-state index contributed by atoms with van der Waals surface area (Å²) in [5.74, 6) is 0.107. The van der Waals surface area contributed by atoms with Gasteiger partial charge in [0.15, 0.2) is 0 Å². The number of aryl methyl sites for hydroxylation is 3. The van der Waals surface area contributed by atoms with E-state index in [0.717, 1.165) is 11.4 Å². The molecule has 0 aromatic carbocycles. The SMILES string of the molecule is CCOC(=O)N1CCN(C(=O)CCn2nc(C)cc2C)CC1. The fourth-order valence-electron chi connectivity index (χ4n) is 2.61. The molecule has 1 aromatic heterocycles. The number of piperazine rings is 1. The second kappa shape index (κ2) is 7.29. The molecule has 0 N–H and O–H groups in total. The Labute approximate surface area is 130 Å². The molecule has 0 unspecified atom stereocenters. The molecule has 1 aromatic rings. The van der Waals surface area contributed by atoms with Gasteiger partial charge >= 0.3 is 6.09 Å². The van der Waals surface area contributed by atoms with Gasteiger partial charge in [-0.2, -0.15) is 5.10 Å². The van der Waals surface area contributed by atoms with Gasteiger partial charge in [0.05, 0.1) is 12.3 Å². The van der Waals surface area contributed by atoms with Crippen molar-refractivity contribution in [1.82, 2.24) is 19.6 Å². The molecular weight excluding hydrogens is 284 g/mol. The number of aromatic nitrogens is 2. The van der Waals surface area contributed by atoms with Crippen LogP contribution in [-0.2, 0) is 16.1 Å². The zero-order valence-electron chi connectivity index (χ0n) is 13.5. The highest BCUT2D eigenvalue weighted by molar-refractivity contribution is 5.76. The largest absolute Gasteiger partial charge is 0.450 e. The lowest BCUT2D eigenvalue weighted by Gasteiger charge is -2.34. The van der Waals surface area contributed by atoms with E-state index in [1.807, 2.05) is 24.6 Å². The third-order valence-corrected chi connectivity index (χ3v) is 3.80. The highest BCUT2D eigenvalue weighted by Gasteiger charge is 2.24. The average molecular weight is 308 g/mol. The lowest BCUT2D eigenvalue weighted by Crippen LogP contribution is -2.50. The van der Waals surface area contributed by atoms with Crippen molar-refractivity contribution in [3.05, 3.63) is 17.5 Å². The molecule has 0 radical (unpaired) electrons. The topological polar surface area (TPSA) is 67.7 Å². The van der Waals surface area contributed by atoms with Gasteiger partial charge in [-0.3, -0.25) is 9.48 Å². The van der Waals surface area contributed by atoms with E-state index in [9.17, 15) is 9.59 Å². The van der Waals surface area contributed by atoms with Crippen molar-refractivity contribution in [2.45, 2.75) is 33.7 Å². The fraction of sp³-hybridized carbons (Fsp3) is 0.667. The molecule has 2 rings (SSSR count). The number of amides is 2. The zero-order valence-corrected chi connectivity index (χ0v) is 13.5. The molecule has 1 aliphatic heterocycles. The lowest BCUT2D eigenvalue weighted by atomic mass is 10.3. The molecule has 1 saturated heterocycles. The highest BCUT2D eigenvalue weighted by atomic mass is 16.6. The van der Waals surface area contributed by atoms with Gasteiger partial charge < -0.3 is 14.5 Å². The van der Waals surface area contributed by atoms with Crippen molar-refractivity contribution in [3.8, 4) is 0 Å². The molecule has 2 heterocycles. The maximum Gasteiger partial charge on any atom is 0.409 e. The summed E-state index contributed by atoms with van der Waals surface area (Å²) in [7, 11) is 0. The van der Waals surface area contributed by atoms with E-state index in [1.165, 1.54) is 0 Å². The van der Waals surface area contributed by atoms with E-state index in [4.69, 9.17) is 4.74 Å². The van der Waals surface area contributed by atoms with Crippen molar-refractivity contribution in [3.63, 3.8) is 0 Å². The molecule has 1 aliphatic rings. The molecule has 0 bridgehead atoms. The Bertz CT molecular complexity index is 533. The minimum Gasteiger partial charge on any atom is -0.450 e. The van der Waals surface area contributed by atoms with Crippen LogP contribution >= 0.6 is 0 Å². The van der Waals surface area contributed by atoms with Crippen LogP contribution in [-0.4, -0.2) is 64.4 Å². The lowest BCUT2D eigenvalue weighted by molar-refractivity contribution is -0.133. The minimum atomic E-state index is -0.294. The fourth-order valence-corrected chi connectivity index (χ4v) is 2.61. The monoisotopic (exact) mass is 308 g/mol. The average Bonchev–Trinajstić information content (AvgIpc) is 2.83. The third-order valence-electron chi connectivity index (χ3n) is 3.80. The van der Waals surface area contributed by atoms with Crippen LogP contribution in [0.15, 0.2) is 6.07 Å². The van der Waals surface area contributed by atoms with Crippen LogP contribution in [0.1, 0.15) is 24.7 Å². The van der Waals surface area contributed by atoms with Crippen LogP contribution in [0.4, 0.5) is 4.79 Å². The van der Waals surface area contributed by atoms with Crippen LogP contribution in [0, 0.1) is 13.8 Å². The molecule has 0 atom stereocenters. The van der Waals surface area contributed by atoms with Crippen molar-refractivity contribution in [2.75, 3.05) is 32.8 Å². The molecule has 22 heavy (non-hydrogen) atoms. The molecule has 0 spiro atoms. The minimum absolute atomic E-state index is 0.107. The summed E-state index contributed by atoms with van der Waals surface area (Å²) in [6.45, 7) is 8.88. The van der Waals surface area contributed by atoms with E-state index < -0.39 is 0 Å². The summed E-state index contributed by atoms with van der Waals surface area (Å²) in [4.78, 5) is 27.3. The molecule has 0 aliphatic carbocycles. The first kappa shape index (κ1) is 16.3. The van der Waals surface area contributed by atoms with E-state index in [2.05, 4.69) is 5.10 Å². The first-order valence-electron chi connectivity index (χ1n) is 7.71. The van der Waals surface area contributed by atoms with E-state index >= 15 is 0 Å². The maximum atomic E-state index is 12.2. The van der Waals surface area contributed by atoms with Crippen molar-refractivity contribution in [1.29, 1.82) is 0 Å². The first-order valence-corrected chi connectivity index (χ1v) is 7.71. The number of rotatable bonds is 4. The van der Waals surface area contributed by atoms with Gasteiger partial charge in [-0.15, -0.1) is 0 Å². The van der Waals surface area contributed by atoms with Gasteiger partial charge in [-0.25, -0.2) is 4.79 Å². The second-order valence-electron chi connectivity index (χ2n) is 5.47. The Balaban J connectivity index is 1.78. The Morgan fingerprint density at radius 3 is 2.36 bits per heavy atom. The van der Waals surface area contributed by atoms with Gasteiger partial charge in [-0.1, -0.05) is 0 Å². The number of nitrogens with zero attached hydrogens (tertiary/aromatic N) is 4. The highest BCUT2D eigenvalue weighted by Crippen LogP contribution is 2.08. The van der Waals surface area contributed by atoms with Gasteiger partial charge in [0.2, 0.25) is 5.91 Å². The van der Waals surface area contributed by atoms with Gasteiger partial charge in [-0.05, 0) is 26.8 Å². The summed E-state index contributed by atoms with van der Waals surface area (Å²) in [6, 6.07) is 2.00. The summed E-state index contributed by atoms with van der Waals surface area (Å²) < 4.78 is 6.83. The van der Waals surface area contributed by atoms with E-state index in [0.29, 0.717) is 45.8 Å². The standard InChI is InChI=1S/C15H24N4O3/c1-4-22-15(21)18-9-7-17(8-10-18)14(20)5-6-19-13(3)11-12(2)16-19/h11H,4-10H2,1-3H3. The van der Waals surface area contributed by atoms with Gasteiger partial charge in [0.25, 0.3) is 0 Å². The Kier molecular flexibility index (Phi) is 5.41. The van der Waals surface area contributed by atoms with Crippen LogP contribution in [0.25, 0.3) is 0 Å². The Morgan fingerprint density at radius 1 is 1.18 bits per heavy atom. The van der Waals surface area contributed by atoms with Crippen molar-refractivity contribution < 1.29 is 14.3 Å². The normalized spacial score (nSPS) is 15.0. The second-order valence-corrected chi connectivity index (χ2v) is 5.47. The predicted molar refractivity (Wildman–Crippen MR) is 81.5 cm³/mol. The number of carbonyl (C=O) groups excluding carboxylic acids is 2. The van der Waals surface area contributed by atoms with Crippen molar-refractivity contribution in [2.24, 2.45) is 0 Å². The number of hydrogen-bond donors (Lipinski definition) is 0.